The number of anilines is 1. The van der Waals surface area contributed by atoms with Crippen molar-refractivity contribution in [2.45, 2.75) is 24.8 Å². The highest BCUT2D eigenvalue weighted by molar-refractivity contribution is 5.31. The molecule has 1 heterocycles. The molecule has 0 amide bonds. The van der Waals surface area contributed by atoms with Crippen LogP contribution in [0.25, 0.3) is 0 Å². The summed E-state index contributed by atoms with van der Waals surface area (Å²) in [5.74, 6) is 0.928. The smallest absolute Gasteiger partial charge is 0.144 e. The third-order valence-corrected chi connectivity index (χ3v) is 2.69. The highest BCUT2D eigenvalue weighted by atomic mass is 15.4. The Hall–Kier alpha value is -1.10. The number of hydrogen-bond acceptors (Lipinski definition) is 4. The lowest BCUT2D eigenvalue weighted by Gasteiger charge is -2.38. The van der Waals surface area contributed by atoms with Gasteiger partial charge in [-0.1, -0.05) is 5.21 Å². The van der Waals surface area contributed by atoms with E-state index in [1.165, 1.54) is 6.42 Å². The summed E-state index contributed by atoms with van der Waals surface area (Å²) in [6, 6.07) is 0. The molecule has 13 heavy (non-hydrogen) atoms. The van der Waals surface area contributed by atoms with Crippen LogP contribution in [0.1, 0.15) is 19.3 Å². The second kappa shape index (κ2) is 2.99. The zero-order valence-corrected chi connectivity index (χ0v) is 7.82. The molecule has 1 saturated carbocycles. The summed E-state index contributed by atoms with van der Waals surface area (Å²) in [6.45, 7) is 0.814. The second-order valence-corrected chi connectivity index (χ2v) is 3.81. The van der Waals surface area contributed by atoms with E-state index in [1.54, 1.807) is 10.9 Å². The van der Waals surface area contributed by atoms with E-state index in [0.717, 1.165) is 25.2 Å². The van der Waals surface area contributed by atoms with Gasteiger partial charge in [-0.3, -0.25) is 0 Å². The number of aromatic nitrogens is 3. The highest BCUT2D eigenvalue weighted by Gasteiger charge is 2.32. The van der Waals surface area contributed by atoms with E-state index in [1.807, 2.05) is 7.05 Å². The first-order valence-corrected chi connectivity index (χ1v) is 4.57. The fourth-order valence-corrected chi connectivity index (χ4v) is 1.52. The first-order chi connectivity index (χ1) is 6.20. The highest BCUT2D eigenvalue weighted by Crippen LogP contribution is 2.28. The van der Waals surface area contributed by atoms with Crippen LogP contribution < -0.4 is 11.1 Å². The Bertz CT molecular complexity index is 288. The first-order valence-electron chi connectivity index (χ1n) is 4.57. The fourth-order valence-electron chi connectivity index (χ4n) is 1.52. The molecule has 72 valence electrons. The number of nitrogens with one attached hydrogen (secondary N) is 1. The van der Waals surface area contributed by atoms with Gasteiger partial charge in [0, 0.05) is 19.1 Å². The van der Waals surface area contributed by atoms with Crippen molar-refractivity contribution < 1.29 is 0 Å². The molecule has 0 saturated heterocycles. The molecular weight excluding hydrogens is 166 g/mol. The van der Waals surface area contributed by atoms with E-state index in [4.69, 9.17) is 5.73 Å². The van der Waals surface area contributed by atoms with Gasteiger partial charge in [-0.25, -0.2) is 4.68 Å². The second-order valence-electron chi connectivity index (χ2n) is 3.81. The third-order valence-electron chi connectivity index (χ3n) is 2.69. The van der Waals surface area contributed by atoms with Gasteiger partial charge < -0.3 is 11.1 Å². The molecule has 0 atom stereocenters. The van der Waals surface area contributed by atoms with Gasteiger partial charge in [-0.15, -0.1) is 5.10 Å². The minimum Gasteiger partial charge on any atom is -0.367 e. The fraction of sp³-hybridized carbons (Fsp3) is 0.750. The molecule has 1 aliphatic carbocycles. The van der Waals surface area contributed by atoms with E-state index in [0.29, 0.717) is 0 Å². The molecule has 3 N–H and O–H groups in total. The Kier molecular flexibility index (Phi) is 1.95. The van der Waals surface area contributed by atoms with Gasteiger partial charge in [0.2, 0.25) is 0 Å². The summed E-state index contributed by atoms with van der Waals surface area (Å²) >= 11 is 0. The third kappa shape index (κ3) is 1.65. The van der Waals surface area contributed by atoms with Crippen LogP contribution >= 0.6 is 0 Å². The summed E-state index contributed by atoms with van der Waals surface area (Å²) in [4.78, 5) is 0. The van der Waals surface area contributed by atoms with Crippen molar-refractivity contribution >= 4 is 5.82 Å². The molecule has 0 aliphatic heterocycles. The van der Waals surface area contributed by atoms with Crippen LogP contribution in [0.15, 0.2) is 6.20 Å². The van der Waals surface area contributed by atoms with Crippen LogP contribution in [0.5, 0.6) is 0 Å². The molecule has 1 fully saturated rings. The Labute approximate surface area is 77.3 Å². The Morgan fingerprint density at radius 2 is 2.46 bits per heavy atom. The van der Waals surface area contributed by atoms with Crippen LogP contribution in [0.2, 0.25) is 0 Å². The van der Waals surface area contributed by atoms with E-state index in [9.17, 15) is 0 Å². The molecule has 0 spiro atoms. The van der Waals surface area contributed by atoms with Crippen molar-refractivity contribution in [2.75, 3.05) is 11.9 Å². The number of rotatable bonds is 3. The quantitative estimate of drug-likeness (QED) is 0.694. The van der Waals surface area contributed by atoms with Gasteiger partial charge in [0.15, 0.2) is 0 Å². The van der Waals surface area contributed by atoms with E-state index >= 15 is 0 Å². The topological polar surface area (TPSA) is 68.8 Å². The minimum atomic E-state index is 0.00424. The maximum atomic E-state index is 6.06. The van der Waals surface area contributed by atoms with Gasteiger partial charge in [-0.05, 0) is 19.3 Å². The minimum absolute atomic E-state index is 0.00424. The molecule has 2 rings (SSSR count). The molecule has 5 nitrogen and oxygen atoms in total. The van der Waals surface area contributed by atoms with Crippen LogP contribution in [-0.2, 0) is 7.05 Å². The average molecular weight is 181 g/mol. The van der Waals surface area contributed by atoms with Crippen LogP contribution in [-0.4, -0.2) is 27.1 Å². The van der Waals surface area contributed by atoms with Gasteiger partial charge in [0.25, 0.3) is 0 Å². The van der Waals surface area contributed by atoms with Gasteiger partial charge in [-0.2, -0.15) is 0 Å². The monoisotopic (exact) mass is 181 g/mol. The largest absolute Gasteiger partial charge is 0.367 e. The zero-order valence-electron chi connectivity index (χ0n) is 7.82. The molecular formula is C8H15N5. The SMILES string of the molecule is Cn1nncc1NCC1(N)CCC1. The molecule has 0 unspecified atom stereocenters. The molecule has 0 radical (unpaired) electrons. The van der Waals surface area contributed by atoms with E-state index in [2.05, 4.69) is 15.6 Å². The number of aryl methyl sites for hydroxylation is 1. The molecule has 5 heteroatoms. The summed E-state index contributed by atoms with van der Waals surface area (Å²) in [6.07, 6.45) is 5.19. The Morgan fingerprint density at radius 3 is 2.92 bits per heavy atom. The van der Waals surface area contributed by atoms with Crippen molar-refractivity contribution in [1.82, 2.24) is 15.0 Å². The summed E-state index contributed by atoms with van der Waals surface area (Å²) in [5.41, 5.74) is 6.06. The normalized spacial score (nSPS) is 19.5. The molecule has 1 aliphatic rings. The molecule has 1 aromatic rings. The number of nitrogens with two attached hydrogens (primary N) is 1. The van der Waals surface area contributed by atoms with Crippen molar-refractivity contribution in [1.29, 1.82) is 0 Å². The van der Waals surface area contributed by atoms with Crippen molar-refractivity contribution in [2.24, 2.45) is 12.8 Å². The summed E-state index contributed by atoms with van der Waals surface area (Å²) in [7, 11) is 1.86. The maximum Gasteiger partial charge on any atom is 0.144 e. The van der Waals surface area contributed by atoms with Gasteiger partial charge in [0.1, 0.15) is 5.82 Å². The number of hydrogen-bond donors (Lipinski definition) is 2. The zero-order chi connectivity index (χ0) is 9.31. The van der Waals surface area contributed by atoms with Crippen molar-refractivity contribution in [3.05, 3.63) is 6.20 Å². The Balaban J connectivity index is 1.89. The maximum absolute atomic E-state index is 6.06. The first kappa shape index (κ1) is 8.50. The van der Waals surface area contributed by atoms with Crippen molar-refractivity contribution in [3.8, 4) is 0 Å². The van der Waals surface area contributed by atoms with E-state index in [-0.39, 0.29) is 5.54 Å². The average Bonchev–Trinajstić information content (AvgIpc) is 2.44. The summed E-state index contributed by atoms with van der Waals surface area (Å²) < 4.78 is 1.71. The molecule has 1 aromatic heterocycles. The lowest BCUT2D eigenvalue weighted by Crippen LogP contribution is -2.52. The van der Waals surface area contributed by atoms with Crippen LogP contribution in [0, 0.1) is 0 Å². The van der Waals surface area contributed by atoms with Gasteiger partial charge >= 0.3 is 0 Å². The predicted molar refractivity (Wildman–Crippen MR) is 50.3 cm³/mol. The molecule has 0 bridgehead atoms. The molecule has 0 aromatic carbocycles. The van der Waals surface area contributed by atoms with Gasteiger partial charge in [0.05, 0.1) is 6.20 Å². The van der Waals surface area contributed by atoms with Crippen LogP contribution in [0.3, 0.4) is 0 Å². The lowest BCUT2D eigenvalue weighted by molar-refractivity contribution is 0.265. The standard InChI is InChI=1S/C8H15N5/c1-13-7(5-11-12-13)10-6-8(9)3-2-4-8/h5,10H,2-4,6,9H2,1H3. The van der Waals surface area contributed by atoms with Crippen LogP contribution in [0.4, 0.5) is 5.82 Å². The number of nitrogens with zero attached hydrogens (tertiary/aromatic N) is 3. The van der Waals surface area contributed by atoms with Crippen molar-refractivity contribution in [3.63, 3.8) is 0 Å². The Morgan fingerprint density at radius 1 is 1.69 bits per heavy atom. The summed E-state index contributed by atoms with van der Waals surface area (Å²) in [5, 5.41) is 10.8. The lowest BCUT2D eigenvalue weighted by atomic mass is 9.78. The van der Waals surface area contributed by atoms with E-state index < -0.39 is 0 Å². The predicted octanol–water partition coefficient (Wildman–Crippen LogP) is 0.108.